The normalized spacial score (nSPS) is 16.4. The summed E-state index contributed by atoms with van der Waals surface area (Å²) in [5.41, 5.74) is 2.00. The van der Waals surface area contributed by atoms with E-state index in [1.807, 2.05) is 30.3 Å². The number of urea groups is 1. The number of carbonyl (C=O) groups is 1. The molecule has 1 fully saturated rings. The molecule has 1 saturated heterocycles. The molecule has 1 heterocycles. The van der Waals surface area contributed by atoms with Gasteiger partial charge in [-0.15, -0.1) is 6.58 Å². The van der Waals surface area contributed by atoms with Crippen LogP contribution < -0.4 is 15.5 Å². The molecule has 1 atom stereocenters. The van der Waals surface area contributed by atoms with E-state index >= 15 is 0 Å². The van der Waals surface area contributed by atoms with Gasteiger partial charge in [-0.1, -0.05) is 12.1 Å². The van der Waals surface area contributed by atoms with E-state index < -0.39 is 0 Å². The van der Waals surface area contributed by atoms with Gasteiger partial charge >= 0.3 is 6.03 Å². The molecular formula is C16H23N3O. The molecule has 108 valence electrons. The summed E-state index contributed by atoms with van der Waals surface area (Å²) in [7, 11) is 0. The van der Waals surface area contributed by atoms with E-state index in [-0.39, 0.29) is 6.03 Å². The molecule has 0 unspecified atom stereocenters. The maximum Gasteiger partial charge on any atom is 0.321 e. The second kappa shape index (κ2) is 6.98. The zero-order valence-corrected chi connectivity index (χ0v) is 12.1. The van der Waals surface area contributed by atoms with Crippen LogP contribution in [0.25, 0.3) is 0 Å². The van der Waals surface area contributed by atoms with Gasteiger partial charge in [-0.25, -0.2) is 4.79 Å². The first kappa shape index (κ1) is 14.4. The van der Waals surface area contributed by atoms with Crippen molar-refractivity contribution in [1.29, 1.82) is 0 Å². The molecule has 0 radical (unpaired) electrons. The van der Waals surface area contributed by atoms with Gasteiger partial charge in [0.15, 0.2) is 0 Å². The predicted molar refractivity (Wildman–Crippen MR) is 84.3 cm³/mol. The standard InChI is InChI=1S/C16H23N3O/c1-3-4-7-13(2)18-14-8-5-9-15(12-14)19-11-6-10-17-16(19)20/h3,5,8-9,12-13,18H,1,4,6-7,10-11H2,2H3,(H,17,20)/t13-/m1/s1. The fraction of sp³-hybridized carbons (Fsp3) is 0.438. The number of nitrogens with one attached hydrogen (secondary N) is 2. The minimum absolute atomic E-state index is 0.00638. The van der Waals surface area contributed by atoms with Crippen LogP contribution in [-0.4, -0.2) is 25.2 Å². The van der Waals surface area contributed by atoms with Crippen molar-refractivity contribution in [3.63, 3.8) is 0 Å². The number of benzene rings is 1. The first-order valence-electron chi connectivity index (χ1n) is 7.23. The Bertz CT molecular complexity index is 473. The summed E-state index contributed by atoms with van der Waals surface area (Å²) < 4.78 is 0. The fourth-order valence-corrected chi connectivity index (χ4v) is 2.36. The predicted octanol–water partition coefficient (Wildman–Crippen LogP) is 3.37. The molecule has 4 heteroatoms. The van der Waals surface area contributed by atoms with E-state index in [4.69, 9.17) is 0 Å². The highest BCUT2D eigenvalue weighted by Crippen LogP contribution is 2.22. The molecule has 2 rings (SSSR count). The van der Waals surface area contributed by atoms with E-state index in [1.54, 1.807) is 4.90 Å². The van der Waals surface area contributed by atoms with E-state index in [2.05, 4.69) is 24.1 Å². The van der Waals surface area contributed by atoms with Gasteiger partial charge < -0.3 is 10.6 Å². The summed E-state index contributed by atoms with van der Waals surface area (Å²) >= 11 is 0. The van der Waals surface area contributed by atoms with Gasteiger partial charge in [0.05, 0.1) is 0 Å². The summed E-state index contributed by atoms with van der Waals surface area (Å²) in [4.78, 5) is 13.6. The molecule has 2 N–H and O–H groups in total. The van der Waals surface area contributed by atoms with Crippen molar-refractivity contribution in [2.45, 2.75) is 32.2 Å². The first-order chi connectivity index (χ1) is 9.70. The molecule has 1 aliphatic heterocycles. The monoisotopic (exact) mass is 273 g/mol. The summed E-state index contributed by atoms with van der Waals surface area (Å²) in [6, 6.07) is 8.42. The number of amides is 2. The van der Waals surface area contributed by atoms with Crippen LogP contribution in [-0.2, 0) is 0 Å². The lowest BCUT2D eigenvalue weighted by Crippen LogP contribution is -2.46. The van der Waals surface area contributed by atoms with Gasteiger partial charge in [0, 0.05) is 30.5 Å². The average molecular weight is 273 g/mol. The first-order valence-corrected chi connectivity index (χ1v) is 7.23. The number of allylic oxidation sites excluding steroid dienone is 1. The molecule has 0 aliphatic carbocycles. The van der Waals surface area contributed by atoms with Gasteiger partial charge in [-0.3, -0.25) is 4.90 Å². The van der Waals surface area contributed by atoms with Gasteiger partial charge in [-0.05, 0) is 44.4 Å². The minimum atomic E-state index is -0.00638. The topological polar surface area (TPSA) is 44.4 Å². The molecule has 1 aromatic carbocycles. The number of nitrogens with zero attached hydrogens (tertiary/aromatic N) is 1. The Balaban J connectivity index is 2.03. The maximum atomic E-state index is 11.9. The van der Waals surface area contributed by atoms with Crippen molar-refractivity contribution in [2.75, 3.05) is 23.3 Å². The molecule has 20 heavy (non-hydrogen) atoms. The number of rotatable bonds is 6. The zero-order valence-electron chi connectivity index (χ0n) is 12.1. The Morgan fingerprint density at radius 1 is 1.55 bits per heavy atom. The third kappa shape index (κ3) is 3.76. The Labute approximate surface area is 120 Å². The van der Waals surface area contributed by atoms with Crippen LogP contribution in [0.4, 0.5) is 16.2 Å². The van der Waals surface area contributed by atoms with Crippen molar-refractivity contribution in [3.8, 4) is 0 Å². The summed E-state index contributed by atoms with van der Waals surface area (Å²) in [6.45, 7) is 7.45. The maximum absolute atomic E-state index is 11.9. The molecule has 0 aromatic heterocycles. The van der Waals surface area contributed by atoms with Crippen molar-refractivity contribution in [3.05, 3.63) is 36.9 Å². The van der Waals surface area contributed by atoms with E-state index in [0.29, 0.717) is 6.04 Å². The third-order valence-electron chi connectivity index (χ3n) is 3.45. The lowest BCUT2D eigenvalue weighted by Gasteiger charge is -2.28. The van der Waals surface area contributed by atoms with Crippen LogP contribution in [0.2, 0.25) is 0 Å². The third-order valence-corrected chi connectivity index (χ3v) is 3.45. The van der Waals surface area contributed by atoms with E-state index in [0.717, 1.165) is 43.7 Å². The molecule has 0 saturated carbocycles. The molecule has 2 amide bonds. The lowest BCUT2D eigenvalue weighted by molar-refractivity contribution is 0.243. The van der Waals surface area contributed by atoms with Crippen molar-refractivity contribution >= 4 is 17.4 Å². The Morgan fingerprint density at radius 2 is 2.40 bits per heavy atom. The van der Waals surface area contributed by atoms with Crippen LogP contribution in [0.15, 0.2) is 36.9 Å². The molecule has 0 bridgehead atoms. The molecule has 0 spiro atoms. The van der Waals surface area contributed by atoms with E-state index in [1.165, 1.54) is 0 Å². The molecular weight excluding hydrogens is 250 g/mol. The van der Waals surface area contributed by atoms with E-state index in [9.17, 15) is 4.79 Å². The van der Waals surface area contributed by atoms with Crippen LogP contribution in [0, 0.1) is 0 Å². The minimum Gasteiger partial charge on any atom is -0.383 e. The largest absolute Gasteiger partial charge is 0.383 e. The number of carbonyl (C=O) groups excluding carboxylic acids is 1. The Hall–Kier alpha value is -1.97. The summed E-state index contributed by atoms with van der Waals surface area (Å²) in [5.74, 6) is 0. The quantitative estimate of drug-likeness (QED) is 0.780. The number of anilines is 2. The van der Waals surface area contributed by atoms with Gasteiger partial charge in [0.1, 0.15) is 0 Å². The van der Waals surface area contributed by atoms with Crippen molar-refractivity contribution < 1.29 is 4.79 Å². The summed E-state index contributed by atoms with van der Waals surface area (Å²) in [6.07, 6.45) is 4.98. The second-order valence-electron chi connectivity index (χ2n) is 5.20. The van der Waals surface area contributed by atoms with Crippen molar-refractivity contribution in [1.82, 2.24) is 5.32 Å². The average Bonchev–Trinajstić information content (AvgIpc) is 2.46. The van der Waals surface area contributed by atoms with Gasteiger partial charge in [0.25, 0.3) is 0 Å². The van der Waals surface area contributed by atoms with Crippen LogP contribution in [0.5, 0.6) is 0 Å². The number of hydrogen-bond donors (Lipinski definition) is 2. The van der Waals surface area contributed by atoms with Crippen LogP contribution in [0.1, 0.15) is 26.2 Å². The molecule has 4 nitrogen and oxygen atoms in total. The SMILES string of the molecule is C=CCC[C@@H](C)Nc1cccc(N2CCCNC2=O)c1. The highest BCUT2D eigenvalue weighted by Gasteiger charge is 2.19. The summed E-state index contributed by atoms with van der Waals surface area (Å²) in [5, 5.41) is 6.34. The Kier molecular flexibility index (Phi) is 5.04. The zero-order chi connectivity index (χ0) is 14.4. The Morgan fingerprint density at radius 3 is 3.15 bits per heavy atom. The molecule has 1 aromatic rings. The number of hydrogen-bond acceptors (Lipinski definition) is 2. The van der Waals surface area contributed by atoms with Gasteiger partial charge in [0.2, 0.25) is 0 Å². The smallest absolute Gasteiger partial charge is 0.321 e. The van der Waals surface area contributed by atoms with Crippen LogP contribution in [0.3, 0.4) is 0 Å². The fourth-order valence-electron chi connectivity index (χ4n) is 2.36. The highest BCUT2D eigenvalue weighted by molar-refractivity contribution is 5.93. The lowest BCUT2D eigenvalue weighted by atomic mass is 10.1. The van der Waals surface area contributed by atoms with Gasteiger partial charge in [-0.2, -0.15) is 0 Å². The second-order valence-corrected chi connectivity index (χ2v) is 5.20. The van der Waals surface area contributed by atoms with Crippen molar-refractivity contribution in [2.24, 2.45) is 0 Å². The van der Waals surface area contributed by atoms with Crippen LogP contribution >= 0.6 is 0 Å². The molecule has 1 aliphatic rings. The highest BCUT2D eigenvalue weighted by atomic mass is 16.2.